The summed E-state index contributed by atoms with van der Waals surface area (Å²) in [7, 11) is 1.76. The second-order valence-electron chi connectivity index (χ2n) is 7.77. The molecule has 1 aromatic rings. The van der Waals surface area contributed by atoms with E-state index in [4.69, 9.17) is 9.47 Å². The lowest BCUT2D eigenvalue weighted by Crippen LogP contribution is -2.56. The van der Waals surface area contributed by atoms with Gasteiger partial charge >= 0.3 is 0 Å². The summed E-state index contributed by atoms with van der Waals surface area (Å²) in [6.45, 7) is 2.92. The van der Waals surface area contributed by atoms with Crippen LogP contribution in [0.1, 0.15) is 48.9 Å². The minimum absolute atomic E-state index is 0.0499. The van der Waals surface area contributed by atoms with E-state index in [1.165, 1.54) is 0 Å². The lowest BCUT2D eigenvalue weighted by molar-refractivity contribution is -0.183. The van der Waals surface area contributed by atoms with Crippen LogP contribution in [0.5, 0.6) is 0 Å². The van der Waals surface area contributed by atoms with Crippen molar-refractivity contribution in [2.75, 3.05) is 38.3 Å². The number of methoxy groups -OCH3 is 1. The molecule has 27 heavy (non-hydrogen) atoms. The molecule has 3 fully saturated rings. The van der Waals surface area contributed by atoms with Gasteiger partial charge in [0, 0.05) is 51.0 Å². The lowest BCUT2D eigenvalue weighted by Gasteiger charge is -2.48. The lowest BCUT2D eigenvalue weighted by atomic mass is 9.81. The largest absolute Gasteiger partial charge is 0.378 e. The zero-order valence-electron chi connectivity index (χ0n) is 16.0. The Balaban J connectivity index is 1.40. The summed E-state index contributed by atoms with van der Waals surface area (Å²) in [4.78, 5) is 28.5. The molecule has 0 aliphatic carbocycles. The monoisotopic (exact) mass is 372 g/mol. The highest BCUT2D eigenvalue weighted by Gasteiger charge is 2.45. The van der Waals surface area contributed by atoms with Gasteiger partial charge in [0.15, 0.2) is 0 Å². The number of hydrogen-bond donors (Lipinski definition) is 0. The van der Waals surface area contributed by atoms with Crippen molar-refractivity contribution < 1.29 is 19.1 Å². The van der Waals surface area contributed by atoms with E-state index in [0.717, 1.165) is 50.9 Å². The molecule has 0 N–H and O–H groups in total. The molecule has 3 aliphatic heterocycles. The number of carbonyl (C=O) groups is 2. The van der Waals surface area contributed by atoms with Gasteiger partial charge < -0.3 is 19.3 Å². The van der Waals surface area contributed by atoms with Gasteiger partial charge in [-0.3, -0.25) is 9.59 Å². The Morgan fingerprint density at radius 3 is 2.52 bits per heavy atom. The molecule has 2 amide bonds. The Bertz CT molecular complexity index is 695. The first-order chi connectivity index (χ1) is 13.1. The summed E-state index contributed by atoms with van der Waals surface area (Å²) in [5.41, 5.74) is 1.32. The number of rotatable bonds is 3. The minimum atomic E-state index is -0.232. The molecular weight excluding hydrogens is 344 g/mol. The molecule has 1 atom stereocenters. The van der Waals surface area contributed by atoms with Crippen molar-refractivity contribution in [2.24, 2.45) is 0 Å². The highest BCUT2D eigenvalue weighted by molar-refractivity contribution is 5.97. The number of likely N-dealkylation sites (tertiary alicyclic amines) is 1. The third kappa shape index (κ3) is 3.48. The van der Waals surface area contributed by atoms with Crippen LogP contribution >= 0.6 is 0 Å². The summed E-state index contributed by atoms with van der Waals surface area (Å²) in [6, 6.07) is 7.44. The number of anilines is 1. The van der Waals surface area contributed by atoms with E-state index in [-0.39, 0.29) is 23.5 Å². The average molecular weight is 372 g/mol. The number of hydrogen-bond acceptors (Lipinski definition) is 4. The van der Waals surface area contributed by atoms with Crippen molar-refractivity contribution in [1.29, 1.82) is 0 Å². The molecule has 0 aromatic heterocycles. The molecule has 4 rings (SSSR count). The second kappa shape index (κ2) is 7.60. The third-order valence-corrected chi connectivity index (χ3v) is 6.27. The summed E-state index contributed by atoms with van der Waals surface area (Å²) in [5, 5.41) is 0. The van der Waals surface area contributed by atoms with Gasteiger partial charge in [-0.1, -0.05) is 0 Å². The van der Waals surface area contributed by atoms with E-state index in [9.17, 15) is 9.59 Å². The highest BCUT2D eigenvalue weighted by Crippen LogP contribution is 2.37. The van der Waals surface area contributed by atoms with E-state index < -0.39 is 0 Å². The summed E-state index contributed by atoms with van der Waals surface area (Å²) < 4.78 is 11.8. The molecule has 1 spiro atoms. The van der Waals surface area contributed by atoms with E-state index >= 15 is 0 Å². The Kier molecular flexibility index (Phi) is 5.19. The SMILES string of the molecule is CO[C@@H]1CCCOC12CCN(C(=O)c1ccc(N3CCCC3=O)cc1)CC2. The number of benzene rings is 1. The van der Waals surface area contributed by atoms with E-state index in [0.29, 0.717) is 25.1 Å². The van der Waals surface area contributed by atoms with Crippen LogP contribution in [0.15, 0.2) is 24.3 Å². The van der Waals surface area contributed by atoms with Crippen molar-refractivity contribution in [2.45, 2.75) is 50.2 Å². The molecular formula is C21H28N2O4. The Hall–Kier alpha value is -1.92. The average Bonchev–Trinajstić information content (AvgIpc) is 3.14. The molecule has 3 heterocycles. The highest BCUT2D eigenvalue weighted by atomic mass is 16.5. The summed E-state index contributed by atoms with van der Waals surface area (Å²) in [5.74, 6) is 0.213. The number of ether oxygens (including phenoxy) is 2. The third-order valence-electron chi connectivity index (χ3n) is 6.27. The number of piperidine rings is 1. The van der Waals surface area contributed by atoms with Gasteiger partial charge in [0.2, 0.25) is 5.91 Å². The molecule has 0 bridgehead atoms. The van der Waals surface area contributed by atoms with Gasteiger partial charge in [0.1, 0.15) is 0 Å². The fourth-order valence-electron chi connectivity index (χ4n) is 4.68. The van der Waals surface area contributed by atoms with Crippen LogP contribution in [0, 0.1) is 0 Å². The fourth-order valence-corrected chi connectivity index (χ4v) is 4.68. The minimum Gasteiger partial charge on any atom is -0.378 e. The molecule has 3 saturated heterocycles. The predicted molar refractivity (Wildman–Crippen MR) is 102 cm³/mol. The number of amides is 2. The quantitative estimate of drug-likeness (QED) is 0.818. The second-order valence-corrected chi connectivity index (χ2v) is 7.77. The van der Waals surface area contributed by atoms with Crippen LogP contribution in [0.2, 0.25) is 0 Å². The molecule has 0 saturated carbocycles. The summed E-state index contributed by atoms with van der Waals surface area (Å²) in [6.07, 6.45) is 5.34. The van der Waals surface area contributed by atoms with Crippen LogP contribution in [0.3, 0.4) is 0 Å². The van der Waals surface area contributed by atoms with Crippen molar-refractivity contribution in [3.8, 4) is 0 Å². The smallest absolute Gasteiger partial charge is 0.253 e. The van der Waals surface area contributed by atoms with E-state index in [1.807, 2.05) is 29.2 Å². The van der Waals surface area contributed by atoms with Crippen molar-refractivity contribution in [3.63, 3.8) is 0 Å². The molecule has 0 unspecified atom stereocenters. The maximum Gasteiger partial charge on any atom is 0.253 e. The van der Waals surface area contributed by atoms with E-state index in [2.05, 4.69) is 0 Å². The zero-order valence-corrected chi connectivity index (χ0v) is 16.0. The molecule has 0 radical (unpaired) electrons. The molecule has 6 nitrogen and oxygen atoms in total. The van der Waals surface area contributed by atoms with Gasteiger partial charge in [-0.2, -0.15) is 0 Å². The molecule has 146 valence electrons. The maximum atomic E-state index is 12.9. The number of carbonyl (C=O) groups excluding carboxylic acids is 2. The first-order valence-electron chi connectivity index (χ1n) is 9.99. The Morgan fingerprint density at radius 2 is 1.89 bits per heavy atom. The zero-order chi connectivity index (χ0) is 18.9. The van der Waals surface area contributed by atoms with Crippen molar-refractivity contribution in [3.05, 3.63) is 29.8 Å². The van der Waals surface area contributed by atoms with Crippen LogP contribution in [-0.4, -0.2) is 61.8 Å². The van der Waals surface area contributed by atoms with Crippen LogP contribution in [-0.2, 0) is 14.3 Å². The first kappa shape index (κ1) is 18.4. The first-order valence-corrected chi connectivity index (χ1v) is 9.99. The van der Waals surface area contributed by atoms with Crippen LogP contribution in [0.25, 0.3) is 0 Å². The Labute approximate surface area is 160 Å². The normalized spacial score (nSPS) is 25.2. The van der Waals surface area contributed by atoms with Gasteiger partial charge in [0.25, 0.3) is 5.91 Å². The Morgan fingerprint density at radius 1 is 1.15 bits per heavy atom. The summed E-state index contributed by atoms with van der Waals surface area (Å²) >= 11 is 0. The van der Waals surface area contributed by atoms with Crippen LogP contribution < -0.4 is 4.90 Å². The topological polar surface area (TPSA) is 59.1 Å². The maximum absolute atomic E-state index is 12.9. The van der Waals surface area contributed by atoms with Crippen molar-refractivity contribution >= 4 is 17.5 Å². The van der Waals surface area contributed by atoms with Gasteiger partial charge in [-0.25, -0.2) is 0 Å². The van der Waals surface area contributed by atoms with Gasteiger partial charge in [-0.15, -0.1) is 0 Å². The fraction of sp³-hybridized carbons (Fsp3) is 0.619. The number of nitrogens with zero attached hydrogens (tertiary/aromatic N) is 2. The standard InChI is InChI=1S/C21H28N2O4/c1-26-18-4-3-15-27-21(18)10-13-22(14-11-21)20(25)16-6-8-17(9-7-16)23-12-2-5-19(23)24/h6-9,18H,2-5,10-15H2,1H3/t18-/m1/s1. The molecule has 3 aliphatic rings. The van der Waals surface area contributed by atoms with Gasteiger partial charge in [0.05, 0.1) is 11.7 Å². The van der Waals surface area contributed by atoms with E-state index in [1.54, 1.807) is 12.0 Å². The predicted octanol–water partition coefficient (Wildman–Crippen LogP) is 2.61. The van der Waals surface area contributed by atoms with Gasteiger partial charge in [-0.05, 0) is 56.4 Å². The molecule has 6 heteroatoms. The molecule has 1 aromatic carbocycles. The van der Waals surface area contributed by atoms with Crippen molar-refractivity contribution in [1.82, 2.24) is 4.90 Å². The van der Waals surface area contributed by atoms with Crippen LogP contribution in [0.4, 0.5) is 5.69 Å².